The molecule has 0 atom stereocenters. The standard InChI is InChI=1S/C11H14BrClN2O2/c1-11(2,3)17-10(16)15-5-7-4-9(13)14-6-8(7)12/h4,6H,5H2,1-3H3,(H,15,16). The van der Waals surface area contributed by atoms with E-state index in [0.29, 0.717) is 11.7 Å². The molecule has 0 saturated carbocycles. The smallest absolute Gasteiger partial charge is 0.407 e. The second kappa shape index (κ2) is 5.69. The number of hydrogen-bond donors (Lipinski definition) is 1. The highest BCUT2D eigenvalue weighted by Crippen LogP contribution is 2.18. The molecule has 1 heterocycles. The van der Waals surface area contributed by atoms with Crippen LogP contribution in [0.25, 0.3) is 0 Å². The third-order valence-corrected chi connectivity index (χ3v) is 2.64. The summed E-state index contributed by atoms with van der Waals surface area (Å²) >= 11 is 9.09. The molecule has 0 unspecified atom stereocenters. The molecule has 0 aliphatic carbocycles. The van der Waals surface area contributed by atoms with Crippen molar-refractivity contribution in [2.45, 2.75) is 32.9 Å². The van der Waals surface area contributed by atoms with Gasteiger partial charge in [-0.3, -0.25) is 0 Å². The highest BCUT2D eigenvalue weighted by Gasteiger charge is 2.16. The SMILES string of the molecule is CC(C)(C)OC(=O)NCc1cc(Cl)ncc1Br. The van der Waals surface area contributed by atoms with Crippen molar-refractivity contribution >= 4 is 33.6 Å². The van der Waals surface area contributed by atoms with E-state index in [4.69, 9.17) is 16.3 Å². The largest absolute Gasteiger partial charge is 0.444 e. The van der Waals surface area contributed by atoms with Gasteiger partial charge in [0.15, 0.2) is 0 Å². The Morgan fingerprint density at radius 1 is 1.59 bits per heavy atom. The van der Waals surface area contributed by atoms with Gasteiger partial charge in [0.25, 0.3) is 0 Å². The number of nitrogens with one attached hydrogen (secondary N) is 1. The predicted molar refractivity (Wildman–Crippen MR) is 70.0 cm³/mol. The molecule has 17 heavy (non-hydrogen) atoms. The number of nitrogens with zero attached hydrogens (tertiary/aromatic N) is 1. The summed E-state index contributed by atoms with van der Waals surface area (Å²) in [6.07, 6.45) is 1.13. The van der Waals surface area contributed by atoms with Gasteiger partial charge in [0, 0.05) is 17.2 Å². The van der Waals surface area contributed by atoms with Crippen LogP contribution in [0.15, 0.2) is 16.7 Å². The lowest BCUT2D eigenvalue weighted by atomic mass is 10.2. The zero-order chi connectivity index (χ0) is 13.1. The van der Waals surface area contributed by atoms with Gasteiger partial charge in [-0.25, -0.2) is 9.78 Å². The second-order valence-electron chi connectivity index (χ2n) is 4.45. The Morgan fingerprint density at radius 3 is 2.82 bits per heavy atom. The van der Waals surface area contributed by atoms with E-state index >= 15 is 0 Å². The van der Waals surface area contributed by atoms with Crippen molar-refractivity contribution in [3.05, 3.63) is 27.5 Å². The number of pyridine rings is 1. The van der Waals surface area contributed by atoms with Crippen LogP contribution in [-0.2, 0) is 11.3 Å². The van der Waals surface area contributed by atoms with E-state index in [9.17, 15) is 4.79 Å². The van der Waals surface area contributed by atoms with Crippen molar-refractivity contribution in [3.63, 3.8) is 0 Å². The third kappa shape index (κ3) is 5.37. The summed E-state index contributed by atoms with van der Waals surface area (Å²) in [6, 6.07) is 1.68. The number of amides is 1. The second-order valence-corrected chi connectivity index (χ2v) is 5.70. The molecule has 0 aromatic carbocycles. The van der Waals surface area contributed by atoms with Gasteiger partial charge in [-0.15, -0.1) is 0 Å². The Hall–Kier alpha value is -0.810. The van der Waals surface area contributed by atoms with Crippen LogP contribution in [0, 0.1) is 0 Å². The molecule has 1 N–H and O–H groups in total. The lowest BCUT2D eigenvalue weighted by Crippen LogP contribution is -2.32. The summed E-state index contributed by atoms with van der Waals surface area (Å²) < 4.78 is 5.91. The van der Waals surface area contributed by atoms with Crippen LogP contribution in [0.4, 0.5) is 4.79 Å². The van der Waals surface area contributed by atoms with E-state index in [1.54, 1.807) is 12.3 Å². The van der Waals surface area contributed by atoms with Crippen molar-refractivity contribution in [3.8, 4) is 0 Å². The zero-order valence-corrected chi connectivity index (χ0v) is 12.2. The lowest BCUT2D eigenvalue weighted by Gasteiger charge is -2.19. The Morgan fingerprint density at radius 2 is 2.24 bits per heavy atom. The van der Waals surface area contributed by atoms with Gasteiger partial charge in [-0.05, 0) is 48.3 Å². The Balaban J connectivity index is 2.56. The minimum absolute atomic E-state index is 0.331. The maximum Gasteiger partial charge on any atom is 0.407 e. The molecule has 0 radical (unpaired) electrons. The molecule has 0 aliphatic heterocycles. The quantitative estimate of drug-likeness (QED) is 0.848. The van der Waals surface area contributed by atoms with Crippen molar-refractivity contribution in [2.24, 2.45) is 0 Å². The average molecular weight is 322 g/mol. The Bertz CT molecular complexity index is 418. The molecule has 6 heteroatoms. The van der Waals surface area contributed by atoms with E-state index in [0.717, 1.165) is 10.0 Å². The summed E-state index contributed by atoms with van der Waals surface area (Å²) in [7, 11) is 0. The fourth-order valence-corrected chi connectivity index (χ4v) is 1.61. The molecular formula is C11H14BrClN2O2. The lowest BCUT2D eigenvalue weighted by molar-refractivity contribution is 0.0523. The minimum Gasteiger partial charge on any atom is -0.444 e. The normalized spacial score (nSPS) is 11.1. The van der Waals surface area contributed by atoms with E-state index in [-0.39, 0.29) is 0 Å². The van der Waals surface area contributed by atoms with Crippen molar-refractivity contribution in [2.75, 3.05) is 0 Å². The number of carbonyl (C=O) groups is 1. The summed E-state index contributed by atoms with van der Waals surface area (Å²) in [6.45, 7) is 5.77. The molecule has 0 aliphatic rings. The number of alkyl carbamates (subject to hydrolysis) is 1. The number of carbonyl (C=O) groups excluding carboxylic acids is 1. The van der Waals surface area contributed by atoms with Gasteiger partial charge in [0.2, 0.25) is 0 Å². The van der Waals surface area contributed by atoms with Crippen molar-refractivity contribution < 1.29 is 9.53 Å². The highest BCUT2D eigenvalue weighted by atomic mass is 79.9. The van der Waals surface area contributed by atoms with Gasteiger partial charge in [0.05, 0.1) is 0 Å². The summed E-state index contributed by atoms with van der Waals surface area (Å²) in [5, 5.41) is 3.03. The van der Waals surface area contributed by atoms with E-state index in [2.05, 4.69) is 26.2 Å². The molecule has 0 fully saturated rings. The Kier molecular flexibility index (Phi) is 4.77. The van der Waals surface area contributed by atoms with E-state index < -0.39 is 11.7 Å². The van der Waals surface area contributed by atoms with Gasteiger partial charge in [-0.1, -0.05) is 11.6 Å². The summed E-state index contributed by atoms with van der Waals surface area (Å²) in [5.74, 6) is 0. The Labute approximate surface area is 114 Å². The predicted octanol–water partition coefficient (Wildman–Crippen LogP) is 3.52. The summed E-state index contributed by atoms with van der Waals surface area (Å²) in [5.41, 5.74) is 0.341. The molecule has 0 saturated heterocycles. The first-order chi connectivity index (χ1) is 7.78. The molecule has 1 rings (SSSR count). The highest BCUT2D eigenvalue weighted by molar-refractivity contribution is 9.10. The topological polar surface area (TPSA) is 51.2 Å². The molecule has 1 amide bonds. The van der Waals surface area contributed by atoms with Gasteiger partial charge >= 0.3 is 6.09 Å². The molecule has 4 nitrogen and oxygen atoms in total. The first kappa shape index (κ1) is 14.3. The van der Waals surface area contributed by atoms with Crippen LogP contribution in [0.1, 0.15) is 26.3 Å². The molecule has 94 valence electrons. The van der Waals surface area contributed by atoms with Gasteiger partial charge in [0.1, 0.15) is 10.8 Å². The van der Waals surface area contributed by atoms with Gasteiger partial charge in [-0.2, -0.15) is 0 Å². The first-order valence-electron chi connectivity index (χ1n) is 5.05. The van der Waals surface area contributed by atoms with E-state index in [1.165, 1.54) is 0 Å². The van der Waals surface area contributed by atoms with Crippen LogP contribution in [0.3, 0.4) is 0 Å². The van der Waals surface area contributed by atoms with Crippen LogP contribution >= 0.6 is 27.5 Å². The van der Waals surface area contributed by atoms with Crippen molar-refractivity contribution in [1.82, 2.24) is 10.3 Å². The minimum atomic E-state index is -0.503. The maximum atomic E-state index is 11.4. The molecule has 0 spiro atoms. The number of aromatic nitrogens is 1. The van der Waals surface area contributed by atoms with Crippen LogP contribution in [0.2, 0.25) is 5.15 Å². The maximum absolute atomic E-state index is 11.4. The fraction of sp³-hybridized carbons (Fsp3) is 0.455. The van der Waals surface area contributed by atoms with E-state index in [1.807, 2.05) is 20.8 Å². The number of ether oxygens (including phenoxy) is 1. The molecular weight excluding hydrogens is 307 g/mol. The van der Waals surface area contributed by atoms with Crippen LogP contribution in [-0.4, -0.2) is 16.7 Å². The molecule has 1 aromatic heterocycles. The first-order valence-corrected chi connectivity index (χ1v) is 6.22. The van der Waals surface area contributed by atoms with Crippen LogP contribution in [0.5, 0.6) is 0 Å². The summed E-state index contributed by atoms with van der Waals surface area (Å²) in [4.78, 5) is 15.3. The number of hydrogen-bond acceptors (Lipinski definition) is 3. The average Bonchev–Trinajstić information content (AvgIpc) is 2.17. The number of rotatable bonds is 2. The third-order valence-electron chi connectivity index (χ3n) is 1.72. The zero-order valence-electron chi connectivity index (χ0n) is 9.88. The molecule has 0 bridgehead atoms. The molecule has 1 aromatic rings. The monoisotopic (exact) mass is 320 g/mol. The fourth-order valence-electron chi connectivity index (χ4n) is 1.07. The van der Waals surface area contributed by atoms with Crippen LogP contribution < -0.4 is 5.32 Å². The number of halogens is 2. The van der Waals surface area contributed by atoms with Crippen molar-refractivity contribution in [1.29, 1.82) is 0 Å². The van der Waals surface area contributed by atoms with Gasteiger partial charge < -0.3 is 10.1 Å².